The molecule has 0 spiro atoms. The summed E-state index contributed by atoms with van der Waals surface area (Å²) in [4.78, 5) is 12.1. The van der Waals surface area contributed by atoms with Crippen LogP contribution in [0.3, 0.4) is 0 Å². The van der Waals surface area contributed by atoms with Gasteiger partial charge in [-0.05, 0) is 55.5 Å². The Morgan fingerprint density at radius 2 is 1.91 bits per heavy atom. The summed E-state index contributed by atoms with van der Waals surface area (Å²) in [7, 11) is 0. The van der Waals surface area contributed by atoms with E-state index in [0.29, 0.717) is 10.7 Å². The summed E-state index contributed by atoms with van der Waals surface area (Å²) < 4.78 is 0. The lowest BCUT2D eigenvalue weighted by atomic mass is 10.0. The number of carbonyl (C=O) groups is 1. The molecular weight excluding hydrogens is 308 g/mol. The van der Waals surface area contributed by atoms with Crippen molar-refractivity contribution in [3.8, 4) is 0 Å². The SMILES string of the molecule is O=C(Nc1ccc(CCc2ccccc2)cc1Cl)C1CCCN1. The molecule has 1 aliphatic rings. The van der Waals surface area contributed by atoms with Crippen molar-refractivity contribution in [3.05, 3.63) is 64.7 Å². The molecule has 0 radical (unpaired) electrons. The molecule has 0 saturated carbocycles. The third-order valence-electron chi connectivity index (χ3n) is 4.21. The Labute approximate surface area is 142 Å². The number of nitrogens with one attached hydrogen (secondary N) is 2. The van der Waals surface area contributed by atoms with E-state index in [9.17, 15) is 4.79 Å². The van der Waals surface area contributed by atoms with E-state index in [4.69, 9.17) is 11.6 Å². The Bertz CT molecular complexity index is 666. The van der Waals surface area contributed by atoms with Crippen LogP contribution in [0.4, 0.5) is 5.69 Å². The number of anilines is 1. The highest BCUT2D eigenvalue weighted by atomic mass is 35.5. The lowest BCUT2D eigenvalue weighted by Crippen LogP contribution is -2.35. The molecule has 2 N–H and O–H groups in total. The first-order valence-corrected chi connectivity index (χ1v) is 8.47. The quantitative estimate of drug-likeness (QED) is 0.876. The maximum atomic E-state index is 12.1. The number of amides is 1. The maximum Gasteiger partial charge on any atom is 0.241 e. The molecule has 1 fully saturated rings. The molecule has 2 aromatic carbocycles. The minimum atomic E-state index is -0.0937. The van der Waals surface area contributed by atoms with Gasteiger partial charge in [0.25, 0.3) is 0 Å². The number of halogens is 1. The summed E-state index contributed by atoms with van der Waals surface area (Å²) in [5.74, 6) is 0.00133. The van der Waals surface area contributed by atoms with Gasteiger partial charge in [-0.2, -0.15) is 0 Å². The van der Waals surface area contributed by atoms with Crippen LogP contribution in [0.1, 0.15) is 24.0 Å². The standard InChI is InChI=1S/C19H21ClN2O/c20-16-13-15(9-8-14-5-2-1-3-6-14)10-11-17(16)22-19(23)18-7-4-12-21-18/h1-3,5-6,10-11,13,18,21H,4,7-9,12H2,(H,22,23). The van der Waals surface area contributed by atoms with Crippen molar-refractivity contribution >= 4 is 23.2 Å². The Balaban J connectivity index is 1.60. The van der Waals surface area contributed by atoms with Crippen molar-refractivity contribution in [2.24, 2.45) is 0 Å². The molecule has 1 atom stereocenters. The van der Waals surface area contributed by atoms with Gasteiger partial charge < -0.3 is 10.6 Å². The summed E-state index contributed by atoms with van der Waals surface area (Å²) in [5.41, 5.74) is 3.18. The molecule has 120 valence electrons. The molecule has 3 rings (SSSR count). The van der Waals surface area contributed by atoms with Gasteiger partial charge in [0.1, 0.15) is 0 Å². The highest BCUT2D eigenvalue weighted by Gasteiger charge is 2.22. The lowest BCUT2D eigenvalue weighted by molar-refractivity contribution is -0.117. The number of rotatable bonds is 5. The van der Waals surface area contributed by atoms with Crippen molar-refractivity contribution in [2.75, 3.05) is 11.9 Å². The average Bonchev–Trinajstić information content (AvgIpc) is 3.11. The normalized spacial score (nSPS) is 17.2. The van der Waals surface area contributed by atoms with E-state index in [1.165, 1.54) is 11.1 Å². The summed E-state index contributed by atoms with van der Waals surface area (Å²) in [5, 5.41) is 6.71. The van der Waals surface area contributed by atoms with Crippen molar-refractivity contribution in [1.29, 1.82) is 0 Å². The van der Waals surface area contributed by atoms with Gasteiger partial charge in [-0.25, -0.2) is 0 Å². The first-order chi connectivity index (χ1) is 11.2. The maximum absolute atomic E-state index is 12.1. The van der Waals surface area contributed by atoms with Gasteiger partial charge in [-0.1, -0.05) is 48.0 Å². The molecule has 1 saturated heterocycles. The van der Waals surface area contributed by atoms with Gasteiger partial charge >= 0.3 is 0 Å². The second-order valence-electron chi connectivity index (χ2n) is 5.94. The van der Waals surface area contributed by atoms with E-state index in [1.54, 1.807) is 0 Å². The van der Waals surface area contributed by atoms with Crippen LogP contribution in [0.15, 0.2) is 48.5 Å². The molecule has 23 heavy (non-hydrogen) atoms. The van der Waals surface area contributed by atoms with Crippen LogP contribution in [-0.2, 0) is 17.6 Å². The third-order valence-corrected chi connectivity index (χ3v) is 4.53. The van der Waals surface area contributed by atoms with E-state index in [1.807, 2.05) is 24.3 Å². The van der Waals surface area contributed by atoms with Crippen LogP contribution in [0.25, 0.3) is 0 Å². The zero-order chi connectivity index (χ0) is 16.1. The third kappa shape index (κ3) is 4.34. The number of hydrogen-bond donors (Lipinski definition) is 2. The van der Waals surface area contributed by atoms with E-state index in [-0.39, 0.29) is 11.9 Å². The number of aryl methyl sites for hydroxylation is 2. The van der Waals surface area contributed by atoms with E-state index < -0.39 is 0 Å². The van der Waals surface area contributed by atoms with Gasteiger partial charge in [-0.3, -0.25) is 4.79 Å². The Morgan fingerprint density at radius 3 is 2.61 bits per heavy atom. The number of carbonyl (C=O) groups excluding carboxylic acids is 1. The Morgan fingerprint density at radius 1 is 1.13 bits per heavy atom. The molecule has 1 amide bonds. The first kappa shape index (κ1) is 16.0. The molecule has 0 bridgehead atoms. The van der Waals surface area contributed by atoms with Crippen LogP contribution in [0.5, 0.6) is 0 Å². The summed E-state index contributed by atoms with van der Waals surface area (Å²) >= 11 is 6.33. The monoisotopic (exact) mass is 328 g/mol. The fourth-order valence-electron chi connectivity index (χ4n) is 2.88. The van der Waals surface area contributed by atoms with Crippen molar-refractivity contribution in [2.45, 2.75) is 31.7 Å². The van der Waals surface area contributed by atoms with E-state index >= 15 is 0 Å². The van der Waals surface area contributed by atoms with Crippen LogP contribution in [0, 0.1) is 0 Å². The second kappa shape index (κ2) is 7.62. The molecular formula is C19H21ClN2O. The summed E-state index contributed by atoms with van der Waals surface area (Å²) in [6, 6.07) is 16.2. The highest BCUT2D eigenvalue weighted by molar-refractivity contribution is 6.33. The molecule has 3 nitrogen and oxygen atoms in total. The predicted octanol–water partition coefficient (Wildman–Crippen LogP) is 3.82. The van der Waals surface area contributed by atoms with Crippen molar-refractivity contribution < 1.29 is 4.79 Å². The fraction of sp³-hybridized carbons (Fsp3) is 0.316. The zero-order valence-electron chi connectivity index (χ0n) is 13.0. The molecule has 0 aliphatic carbocycles. The first-order valence-electron chi connectivity index (χ1n) is 8.09. The lowest BCUT2D eigenvalue weighted by Gasteiger charge is -2.13. The second-order valence-corrected chi connectivity index (χ2v) is 6.35. The van der Waals surface area contributed by atoms with Crippen molar-refractivity contribution in [1.82, 2.24) is 5.32 Å². The highest BCUT2D eigenvalue weighted by Crippen LogP contribution is 2.24. The van der Waals surface area contributed by atoms with E-state index in [0.717, 1.165) is 32.2 Å². The van der Waals surface area contributed by atoms with Gasteiger partial charge in [0.05, 0.1) is 16.8 Å². The largest absolute Gasteiger partial charge is 0.323 e. The molecule has 4 heteroatoms. The smallest absolute Gasteiger partial charge is 0.241 e. The van der Waals surface area contributed by atoms with Gasteiger partial charge in [-0.15, -0.1) is 0 Å². The van der Waals surface area contributed by atoms with Crippen LogP contribution in [-0.4, -0.2) is 18.5 Å². The Hall–Kier alpha value is -1.84. The van der Waals surface area contributed by atoms with Crippen molar-refractivity contribution in [3.63, 3.8) is 0 Å². The van der Waals surface area contributed by atoms with E-state index in [2.05, 4.69) is 34.9 Å². The number of benzene rings is 2. The molecule has 2 aromatic rings. The van der Waals surface area contributed by atoms with Crippen LogP contribution < -0.4 is 10.6 Å². The van der Waals surface area contributed by atoms with Gasteiger partial charge in [0.15, 0.2) is 0 Å². The van der Waals surface area contributed by atoms with Crippen LogP contribution in [0.2, 0.25) is 5.02 Å². The Kier molecular flexibility index (Phi) is 5.31. The molecule has 1 heterocycles. The minimum Gasteiger partial charge on any atom is -0.323 e. The summed E-state index contributed by atoms with van der Waals surface area (Å²) in [6.45, 7) is 0.907. The van der Waals surface area contributed by atoms with Gasteiger partial charge in [0, 0.05) is 0 Å². The summed E-state index contributed by atoms with van der Waals surface area (Å²) in [6.07, 6.45) is 3.85. The molecule has 1 aliphatic heterocycles. The molecule has 0 aromatic heterocycles. The topological polar surface area (TPSA) is 41.1 Å². The number of hydrogen-bond acceptors (Lipinski definition) is 2. The minimum absolute atomic E-state index is 0.00133. The van der Waals surface area contributed by atoms with Gasteiger partial charge in [0.2, 0.25) is 5.91 Å². The molecule has 1 unspecified atom stereocenters. The average molecular weight is 329 g/mol. The predicted molar refractivity (Wildman–Crippen MR) is 95.0 cm³/mol. The zero-order valence-corrected chi connectivity index (χ0v) is 13.8. The fourth-order valence-corrected chi connectivity index (χ4v) is 3.13. The van der Waals surface area contributed by atoms with Crippen LogP contribution >= 0.6 is 11.6 Å².